The van der Waals surface area contributed by atoms with Crippen LogP contribution < -0.4 is 5.32 Å². The number of hydrogen-bond donors (Lipinski definition) is 1. The second kappa shape index (κ2) is 7.99. The normalized spacial score (nSPS) is 13.9. The second-order valence-electron chi connectivity index (χ2n) is 7.13. The van der Waals surface area contributed by atoms with E-state index in [0.717, 1.165) is 6.07 Å². The quantitative estimate of drug-likeness (QED) is 0.533. The van der Waals surface area contributed by atoms with E-state index in [2.05, 4.69) is 10.3 Å². The van der Waals surface area contributed by atoms with Crippen molar-refractivity contribution in [2.75, 3.05) is 0 Å². The molecule has 0 aliphatic carbocycles. The largest absolute Gasteiger partial charge is 0.391 e. The first-order valence-corrected chi connectivity index (χ1v) is 9.11. The van der Waals surface area contributed by atoms with Crippen molar-refractivity contribution in [1.29, 1.82) is 0 Å². The molecule has 3 aromatic rings. The Morgan fingerprint density at radius 1 is 1.14 bits per heavy atom. The summed E-state index contributed by atoms with van der Waals surface area (Å²) >= 11 is 5.86. The Hall–Kier alpha value is -2.67. The van der Waals surface area contributed by atoms with Gasteiger partial charge in [-0.25, -0.2) is 4.39 Å². The van der Waals surface area contributed by atoms with Crippen molar-refractivity contribution in [1.82, 2.24) is 10.3 Å². The lowest BCUT2D eigenvalue weighted by atomic mass is 9.88. The van der Waals surface area contributed by atoms with Gasteiger partial charge in [-0.05, 0) is 37.1 Å². The molecular formula is C21H17ClF4N2O. The Balaban J connectivity index is 1.89. The van der Waals surface area contributed by atoms with E-state index < -0.39 is 29.9 Å². The van der Waals surface area contributed by atoms with Crippen LogP contribution in [0.1, 0.15) is 29.3 Å². The van der Waals surface area contributed by atoms with E-state index >= 15 is 0 Å². The first-order valence-electron chi connectivity index (χ1n) is 8.73. The number of hydrogen-bond acceptors (Lipinski definition) is 2. The molecule has 0 aliphatic heterocycles. The van der Waals surface area contributed by atoms with Crippen LogP contribution in [0.15, 0.2) is 54.7 Å². The van der Waals surface area contributed by atoms with Gasteiger partial charge in [0.1, 0.15) is 10.8 Å². The van der Waals surface area contributed by atoms with Crippen molar-refractivity contribution in [2.45, 2.75) is 31.5 Å². The number of fused-ring (bicyclic) bond motifs is 1. The summed E-state index contributed by atoms with van der Waals surface area (Å²) in [6.45, 7) is 1.35. The van der Waals surface area contributed by atoms with Crippen LogP contribution in [0.3, 0.4) is 0 Å². The molecule has 1 amide bonds. The minimum atomic E-state index is -4.47. The van der Waals surface area contributed by atoms with Crippen molar-refractivity contribution in [3.63, 3.8) is 0 Å². The third kappa shape index (κ3) is 5.23. The van der Waals surface area contributed by atoms with Crippen molar-refractivity contribution >= 4 is 28.4 Å². The lowest BCUT2D eigenvalue weighted by Crippen LogP contribution is -2.50. The zero-order chi connectivity index (χ0) is 21.2. The maximum Gasteiger partial charge on any atom is 0.391 e. The Morgan fingerprint density at radius 3 is 2.48 bits per heavy atom. The van der Waals surface area contributed by atoms with Crippen LogP contribution in [0.4, 0.5) is 17.6 Å². The number of alkyl halides is 3. The van der Waals surface area contributed by atoms with E-state index in [1.54, 1.807) is 30.3 Å². The molecule has 1 N–H and O–H groups in total. The number of pyridine rings is 1. The van der Waals surface area contributed by atoms with Crippen LogP contribution in [0.2, 0.25) is 5.02 Å². The highest BCUT2D eigenvalue weighted by Crippen LogP contribution is 2.31. The zero-order valence-corrected chi connectivity index (χ0v) is 16.1. The molecule has 152 valence electrons. The third-order valence-corrected chi connectivity index (χ3v) is 4.81. The summed E-state index contributed by atoms with van der Waals surface area (Å²) in [6, 6.07) is 12.6. The Kier molecular flexibility index (Phi) is 5.80. The standard InChI is InChI=1S/C21H17ClF4N2O/c1-20(12-21(24,25)26,10-13-5-3-2-4-6-13)28-19(29)15-9-14-7-8-16(23)17(22)18(14)27-11-15/h2-9,11H,10,12H2,1H3,(H,28,29). The van der Waals surface area contributed by atoms with Crippen molar-refractivity contribution < 1.29 is 22.4 Å². The number of rotatable bonds is 5. The highest BCUT2D eigenvalue weighted by molar-refractivity contribution is 6.35. The molecule has 1 atom stereocenters. The molecule has 1 unspecified atom stereocenters. The maximum atomic E-state index is 13.5. The van der Waals surface area contributed by atoms with Crippen LogP contribution in [-0.2, 0) is 6.42 Å². The van der Waals surface area contributed by atoms with E-state index in [0.29, 0.717) is 10.9 Å². The van der Waals surface area contributed by atoms with Crippen LogP contribution in [-0.4, -0.2) is 22.6 Å². The van der Waals surface area contributed by atoms with Gasteiger partial charge in [-0.1, -0.05) is 41.9 Å². The van der Waals surface area contributed by atoms with Gasteiger partial charge >= 0.3 is 6.18 Å². The number of nitrogens with one attached hydrogen (secondary N) is 1. The molecule has 0 saturated carbocycles. The molecule has 2 aromatic carbocycles. The fourth-order valence-electron chi connectivity index (χ4n) is 3.25. The monoisotopic (exact) mass is 424 g/mol. The summed E-state index contributed by atoms with van der Waals surface area (Å²) in [7, 11) is 0. The molecule has 0 radical (unpaired) electrons. The molecular weight excluding hydrogens is 408 g/mol. The predicted molar refractivity (Wildman–Crippen MR) is 103 cm³/mol. The molecule has 29 heavy (non-hydrogen) atoms. The Labute approximate surface area is 169 Å². The van der Waals surface area contributed by atoms with Gasteiger partial charge in [0.25, 0.3) is 5.91 Å². The number of nitrogens with zero attached hydrogens (tertiary/aromatic N) is 1. The van der Waals surface area contributed by atoms with E-state index in [4.69, 9.17) is 11.6 Å². The SMILES string of the molecule is CC(Cc1ccccc1)(CC(F)(F)F)NC(=O)c1cnc2c(Cl)c(F)ccc2c1. The second-order valence-corrected chi connectivity index (χ2v) is 7.50. The third-order valence-electron chi connectivity index (χ3n) is 4.45. The van der Waals surface area contributed by atoms with Crippen LogP contribution in [0.25, 0.3) is 10.9 Å². The Bertz CT molecular complexity index is 1040. The smallest absolute Gasteiger partial charge is 0.346 e. The first kappa shape index (κ1) is 21.0. The lowest BCUT2D eigenvalue weighted by molar-refractivity contribution is -0.147. The lowest BCUT2D eigenvalue weighted by Gasteiger charge is -2.32. The van der Waals surface area contributed by atoms with E-state index in [9.17, 15) is 22.4 Å². The number of halogens is 5. The van der Waals surface area contributed by atoms with E-state index in [1.165, 1.54) is 25.3 Å². The number of carbonyl (C=O) groups is 1. The van der Waals surface area contributed by atoms with Gasteiger partial charge in [0, 0.05) is 11.6 Å². The fraction of sp³-hybridized carbons (Fsp3) is 0.238. The fourth-order valence-corrected chi connectivity index (χ4v) is 3.47. The first-order chi connectivity index (χ1) is 13.6. The van der Waals surface area contributed by atoms with Gasteiger partial charge in [-0.15, -0.1) is 0 Å². The molecule has 0 spiro atoms. The summed E-state index contributed by atoms with van der Waals surface area (Å²) in [4.78, 5) is 16.7. The van der Waals surface area contributed by atoms with Gasteiger partial charge in [0.15, 0.2) is 0 Å². The highest BCUT2D eigenvalue weighted by atomic mass is 35.5. The minimum absolute atomic E-state index is 0.00284. The van der Waals surface area contributed by atoms with Crippen LogP contribution in [0.5, 0.6) is 0 Å². The van der Waals surface area contributed by atoms with Gasteiger partial charge in [-0.2, -0.15) is 13.2 Å². The van der Waals surface area contributed by atoms with E-state index in [1.807, 2.05) is 0 Å². The molecule has 3 nitrogen and oxygen atoms in total. The predicted octanol–water partition coefficient (Wildman–Crippen LogP) is 5.71. The van der Waals surface area contributed by atoms with Crippen LogP contribution >= 0.6 is 11.6 Å². The summed E-state index contributed by atoms with van der Waals surface area (Å²) < 4.78 is 53.1. The molecule has 8 heteroatoms. The van der Waals surface area contributed by atoms with Gasteiger partial charge in [0.05, 0.1) is 23.0 Å². The van der Waals surface area contributed by atoms with Crippen molar-refractivity contribution in [2.24, 2.45) is 0 Å². The summed E-state index contributed by atoms with van der Waals surface area (Å²) in [5.41, 5.74) is -0.669. The number of aromatic nitrogens is 1. The average Bonchev–Trinajstić information content (AvgIpc) is 2.63. The van der Waals surface area contributed by atoms with Crippen LogP contribution in [0, 0.1) is 5.82 Å². The van der Waals surface area contributed by atoms with E-state index in [-0.39, 0.29) is 22.5 Å². The summed E-state index contributed by atoms with van der Waals surface area (Å²) in [5.74, 6) is -1.35. The maximum absolute atomic E-state index is 13.5. The number of amides is 1. The van der Waals surface area contributed by atoms with Gasteiger partial charge in [-0.3, -0.25) is 9.78 Å². The summed E-state index contributed by atoms with van der Waals surface area (Å²) in [5, 5.41) is 2.73. The molecule has 0 saturated heterocycles. The summed E-state index contributed by atoms with van der Waals surface area (Å²) in [6.07, 6.45) is -4.50. The zero-order valence-electron chi connectivity index (χ0n) is 15.4. The van der Waals surface area contributed by atoms with Crippen molar-refractivity contribution in [3.8, 4) is 0 Å². The molecule has 1 aromatic heterocycles. The van der Waals surface area contributed by atoms with Gasteiger partial charge < -0.3 is 5.32 Å². The molecule has 1 heterocycles. The molecule has 0 bridgehead atoms. The number of benzene rings is 2. The minimum Gasteiger partial charge on any atom is -0.346 e. The molecule has 0 fully saturated rings. The van der Waals surface area contributed by atoms with Crippen molar-refractivity contribution in [3.05, 3.63) is 76.7 Å². The number of carbonyl (C=O) groups excluding carboxylic acids is 1. The highest BCUT2D eigenvalue weighted by Gasteiger charge is 2.40. The topological polar surface area (TPSA) is 42.0 Å². The van der Waals surface area contributed by atoms with Gasteiger partial charge in [0.2, 0.25) is 0 Å². The molecule has 3 rings (SSSR count). The average molecular weight is 425 g/mol. The molecule has 0 aliphatic rings. The Morgan fingerprint density at radius 2 is 1.83 bits per heavy atom.